The van der Waals surface area contributed by atoms with Crippen molar-refractivity contribution in [1.29, 1.82) is 0 Å². The minimum absolute atomic E-state index is 0.234. The number of aliphatic carboxylic acids is 1. The Balaban J connectivity index is 1.60. The van der Waals surface area contributed by atoms with E-state index in [0.29, 0.717) is 32.9 Å². The molecule has 0 aliphatic carbocycles. The topological polar surface area (TPSA) is 85.3 Å². The maximum absolute atomic E-state index is 11.0. The van der Waals surface area contributed by atoms with Crippen LogP contribution >= 0.6 is 0 Å². The molecule has 1 unspecified atom stereocenters. The number of carboxylic acids is 1. The third-order valence-corrected chi connectivity index (χ3v) is 3.39. The Bertz CT molecular complexity index is 507. The molecule has 1 fully saturated rings. The van der Waals surface area contributed by atoms with Gasteiger partial charge in [-0.3, -0.25) is 0 Å². The van der Waals surface area contributed by atoms with Crippen LogP contribution in [0, 0.1) is 0 Å². The van der Waals surface area contributed by atoms with Gasteiger partial charge in [0.25, 0.3) is 0 Å². The summed E-state index contributed by atoms with van der Waals surface area (Å²) in [6, 6.07) is 10.2. The normalized spacial score (nSPS) is 18.5. The Morgan fingerprint density at radius 2 is 2.09 bits per heavy atom. The van der Waals surface area contributed by atoms with Crippen LogP contribution in [0.5, 0.6) is 0 Å². The first kappa shape index (κ1) is 17.4. The molecule has 0 bridgehead atoms. The Morgan fingerprint density at radius 1 is 1.30 bits per heavy atom. The molecule has 1 heterocycles. The van der Waals surface area contributed by atoms with Crippen LogP contribution in [-0.2, 0) is 30.3 Å². The molecule has 7 heteroatoms. The predicted molar refractivity (Wildman–Crippen MR) is 80.6 cm³/mol. The number of benzene rings is 1. The van der Waals surface area contributed by atoms with Crippen LogP contribution in [0.3, 0.4) is 0 Å². The van der Waals surface area contributed by atoms with E-state index in [2.05, 4.69) is 12.1 Å². The minimum Gasteiger partial charge on any atom is -0.473 e. The molecule has 1 N–H and O–H groups in total. The van der Waals surface area contributed by atoms with Crippen molar-refractivity contribution in [1.82, 2.24) is 5.06 Å². The van der Waals surface area contributed by atoms with Crippen molar-refractivity contribution in [2.75, 3.05) is 32.9 Å². The van der Waals surface area contributed by atoms with E-state index in [-0.39, 0.29) is 6.10 Å². The van der Waals surface area contributed by atoms with Crippen molar-refractivity contribution in [3.05, 3.63) is 35.9 Å². The number of hydrogen-bond acceptors (Lipinski definition) is 6. The number of morpholine rings is 1. The van der Waals surface area contributed by atoms with Crippen LogP contribution < -0.4 is 0 Å². The predicted octanol–water partition coefficient (Wildman–Crippen LogP) is 0.879. The van der Waals surface area contributed by atoms with Gasteiger partial charge in [-0.1, -0.05) is 30.3 Å². The second kappa shape index (κ2) is 9.24. The molecule has 0 radical (unpaired) electrons. The summed E-state index contributed by atoms with van der Waals surface area (Å²) in [4.78, 5) is 26.2. The average Bonchev–Trinajstić information content (AvgIpc) is 2.56. The van der Waals surface area contributed by atoms with Crippen molar-refractivity contribution in [2.45, 2.75) is 18.9 Å². The molecule has 1 aliphatic rings. The third-order valence-electron chi connectivity index (χ3n) is 3.39. The van der Waals surface area contributed by atoms with Crippen LogP contribution in [0.1, 0.15) is 12.0 Å². The lowest BCUT2D eigenvalue weighted by Gasteiger charge is -2.30. The number of hydroxylamine groups is 2. The molecule has 0 aromatic heterocycles. The lowest BCUT2D eigenvalue weighted by molar-refractivity contribution is -0.221. The standard InChI is InChI=1S/C16H21NO6/c18-15(19)16(20)23-17-8-10-22-14(11-17)12-21-9-4-7-13-5-2-1-3-6-13/h1-3,5-6,14H,4,7-12H2,(H,18,19). The average molecular weight is 323 g/mol. The number of ether oxygens (including phenoxy) is 2. The van der Waals surface area contributed by atoms with Gasteiger partial charge in [0, 0.05) is 6.61 Å². The lowest BCUT2D eigenvalue weighted by atomic mass is 10.1. The fourth-order valence-corrected chi connectivity index (χ4v) is 2.27. The zero-order valence-electron chi connectivity index (χ0n) is 12.8. The van der Waals surface area contributed by atoms with E-state index in [1.807, 2.05) is 18.2 Å². The molecule has 2 rings (SSSR count). The van der Waals surface area contributed by atoms with Crippen LogP contribution in [0.4, 0.5) is 0 Å². The molecule has 0 spiro atoms. The fourth-order valence-electron chi connectivity index (χ4n) is 2.27. The van der Waals surface area contributed by atoms with Crippen molar-refractivity contribution < 1.29 is 29.0 Å². The summed E-state index contributed by atoms with van der Waals surface area (Å²) in [5, 5.41) is 9.82. The van der Waals surface area contributed by atoms with E-state index in [1.54, 1.807) is 0 Å². The number of carbonyl (C=O) groups excluding carboxylic acids is 1. The summed E-state index contributed by atoms with van der Waals surface area (Å²) in [6.07, 6.45) is 1.63. The number of aryl methyl sites for hydroxylation is 1. The molecule has 1 aromatic carbocycles. The lowest BCUT2D eigenvalue weighted by Crippen LogP contribution is -2.46. The van der Waals surface area contributed by atoms with Gasteiger partial charge in [-0.2, -0.15) is 0 Å². The minimum atomic E-state index is -1.61. The van der Waals surface area contributed by atoms with E-state index in [9.17, 15) is 9.59 Å². The maximum Gasteiger partial charge on any atom is 0.436 e. The summed E-state index contributed by atoms with van der Waals surface area (Å²) < 4.78 is 11.1. The molecular weight excluding hydrogens is 302 g/mol. The van der Waals surface area contributed by atoms with Gasteiger partial charge in [-0.05, 0) is 18.4 Å². The van der Waals surface area contributed by atoms with E-state index in [4.69, 9.17) is 19.4 Å². The van der Waals surface area contributed by atoms with Gasteiger partial charge in [-0.15, -0.1) is 5.06 Å². The Morgan fingerprint density at radius 3 is 2.83 bits per heavy atom. The molecule has 1 saturated heterocycles. The number of carboxylic acid groups (broad SMARTS) is 1. The van der Waals surface area contributed by atoms with E-state index < -0.39 is 11.9 Å². The monoisotopic (exact) mass is 323 g/mol. The second-order valence-corrected chi connectivity index (χ2v) is 5.23. The number of carbonyl (C=O) groups is 2. The fraction of sp³-hybridized carbons (Fsp3) is 0.500. The summed E-state index contributed by atoms with van der Waals surface area (Å²) >= 11 is 0. The van der Waals surface area contributed by atoms with Crippen molar-refractivity contribution in [2.24, 2.45) is 0 Å². The molecule has 126 valence electrons. The highest BCUT2D eigenvalue weighted by atomic mass is 16.7. The van der Waals surface area contributed by atoms with Crippen LogP contribution in [0.15, 0.2) is 30.3 Å². The zero-order chi connectivity index (χ0) is 16.5. The first-order chi connectivity index (χ1) is 11.1. The van der Waals surface area contributed by atoms with Gasteiger partial charge in [0.15, 0.2) is 0 Å². The summed E-state index contributed by atoms with van der Waals surface area (Å²) in [5.74, 6) is -2.89. The summed E-state index contributed by atoms with van der Waals surface area (Å²) in [7, 11) is 0. The Labute approximate surface area is 134 Å². The molecule has 1 aliphatic heterocycles. The van der Waals surface area contributed by atoms with Gasteiger partial charge in [0.2, 0.25) is 0 Å². The SMILES string of the molecule is O=C(O)C(=O)ON1CCOC(COCCCc2ccccc2)C1. The van der Waals surface area contributed by atoms with Gasteiger partial charge in [-0.25, -0.2) is 9.59 Å². The van der Waals surface area contributed by atoms with Gasteiger partial charge in [0.05, 0.1) is 32.4 Å². The smallest absolute Gasteiger partial charge is 0.436 e. The second-order valence-electron chi connectivity index (χ2n) is 5.23. The molecule has 23 heavy (non-hydrogen) atoms. The van der Waals surface area contributed by atoms with E-state index in [1.165, 1.54) is 10.6 Å². The molecule has 1 aromatic rings. The largest absolute Gasteiger partial charge is 0.473 e. The third kappa shape index (κ3) is 6.35. The highest BCUT2D eigenvalue weighted by Gasteiger charge is 2.25. The van der Waals surface area contributed by atoms with Gasteiger partial charge >= 0.3 is 11.9 Å². The number of nitrogens with zero attached hydrogens (tertiary/aromatic N) is 1. The Kier molecular flexibility index (Phi) is 6.99. The van der Waals surface area contributed by atoms with E-state index in [0.717, 1.165) is 12.8 Å². The molecule has 1 atom stereocenters. The quantitative estimate of drug-likeness (QED) is 0.589. The highest BCUT2D eigenvalue weighted by Crippen LogP contribution is 2.08. The van der Waals surface area contributed by atoms with Crippen LogP contribution in [0.2, 0.25) is 0 Å². The summed E-state index contributed by atoms with van der Waals surface area (Å²) in [5.41, 5.74) is 1.27. The highest BCUT2D eigenvalue weighted by molar-refractivity contribution is 6.28. The molecular formula is C16H21NO6. The number of rotatable bonds is 7. The zero-order valence-corrected chi connectivity index (χ0v) is 12.8. The van der Waals surface area contributed by atoms with Crippen molar-refractivity contribution in [3.63, 3.8) is 0 Å². The molecule has 0 saturated carbocycles. The Hall–Kier alpha value is -1.96. The molecule has 0 amide bonds. The number of hydrogen-bond donors (Lipinski definition) is 1. The van der Waals surface area contributed by atoms with Crippen LogP contribution in [0.25, 0.3) is 0 Å². The van der Waals surface area contributed by atoms with Gasteiger partial charge < -0.3 is 19.4 Å². The first-order valence-electron chi connectivity index (χ1n) is 7.58. The van der Waals surface area contributed by atoms with Crippen molar-refractivity contribution in [3.8, 4) is 0 Å². The first-order valence-corrected chi connectivity index (χ1v) is 7.58. The van der Waals surface area contributed by atoms with Crippen LogP contribution in [-0.4, -0.2) is 61.1 Å². The maximum atomic E-state index is 11.0. The van der Waals surface area contributed by atoms with Crippen molar-refractivity contribution >= 4 is 11.9 Å². The van der Waals surface area contributed by atoms with E-state index >= 15 is 0 Å². The molecule has 7 nitrogen and oxygen atoms in total. The summed E-state index contributed by atoms with van der Waals surface area (Å²) in [6.45, 7) is 2.02. The van der Waals surface area contributed by atoms with Gasteiger partial charge in [0.1, 0.15) is 0 Å².